The molecule has 2 aliphatic rings. The molecule has 12 heteroatoms. The molecule has 4 rings (SSSR count). The quantitative estimate of drug-likeness (QED) is 0.248. The van der Waals surface area contributed by atoms with Gasteiger partial charge in [0.15, 0.2) is 6.10 Å². The van der Waals surface area contributed by atoms with Gasteiger partial charge in [0.1, 0.15) is 0 Å². The normalized spacial score (nSPS) is 20.2. The first-order chi connectivity index (χ1) is 20.0. The molecule has 2 aromatic rings. The van der Waals surface area contributed by atoms with Crippen LogP contribution in [0.4, 0.5) is 4.79 Å². The Kier molecular flexibility index (Phi) is 11.7. The predicted octanol–water partition coefficient (Wildman–Crippen LogP) is 2.10. The highest BCUT2D eigenvalue weighted by Gasteiger charge is 2.43. The maximum absolute atomic E-state index is 13.7. The number of aromatic nitrogens is 1. The molecule has 4 atom stereocenters. The molecule has 1 fully saturated rings. The number of benzene rings is 1. The predicted molar refractivity (Wildman–Crippen MR) is 158 cm³/mol. The lowest BCUT2D eigenvalue weighted by Gasteiger charge is -2.47. The largest absolute Gasteiger partial charge is 0.481 e. The molecule has 1 unspecified atom stereocenters. The molecule has 1 aliphatic heterocycles. The van der Waals surface area contributed by atoms with Gasteiger partial charge < -0.3 is 30.5 Å². The Morgan fingerprint density at radius 2 is 1.95 bits per heavy atom. The highest BCUT2D eigenvalue weighted by Crippen LogP contribution is 2.45. The van der Waals surface area contributed by atoms with Crippen LogP contribution in [0.1, 0.15) is 43.2 Å². The van der Waals surface area contributed by atoms with Crippen molar-refractivity contribution in [3.63, 3.8) is 0 Å². The summed E-state index contributed by atoms with van der Waals surface area (Å²) in [6.07, 6.45) is 4.02. The van der Waals surface area contributed by atoms with Crippen LogP contribution in [0.15, 0.2) is 37.1 Å². The number of rotatable bonds is 11. The number of urea groups is 1. The molecule has 12 nitrogen and oxygen atoms in total. The number of fused-ring (bicyclic) bond motifs is 2. The zero-order valence-electron chi connectivity index (χ0n) is 24.6. The second-order valence-corrected chi connectivity index (χ2v) is 11.1. The lowest BCUT2D eigenvalue weighted by molar-refractivity contribution is -0.152. The first-order valence-corrected chi connectivity index (χ1v) is 14.3. The van der Waals surface area contributed by atoms with E-state index in [9.17, 15) is 19.2 Å². The lowest BCUT2D eigenvalue weighted by Crippen LogP contribution is -2.55. The number of aliphatic carboxylic acids is 2. The molecule has 1 aliphatic carbocycles. The van der Waals surface area contributed by atoms with Gasteiger partial charge in [0, 0.05) is 55.2 Å². The number of carbonyl (C=O) groups excluding carboxylic acids is 2. The van der Waals surface area contributed by atoms with Crippen LogP contribution in [0.3, 0.4) is 0 Å². The highest BCUT2D eigenvalue weighted by molar-refractivity contribution is 5.96. The summed E-state index contributed by atoms with van der Waals surface area (Å²) in [5, 5.41) is 28.3. The number of imide groups is 1. The number of likely N-dealkylation sites (tertiary alicyclic amines) is 1. The van der Waals surface area contributed by atoms with Crippen molar-refractivity contribution in [2.75, 3.05) is 46.8 Å². The van der Waals surface area contributed by atoms with Gasteiger partial charge in [-0.1, -0.05) is 18.2 Å². The molecular formula is C30H43N5O7. The third-order valence-corrected chi connectivity index (χ3v) is 7.77. The molecule has 0 bridgehead atoms. The number of carbonyl (C=O) groups is 4. The van der Waals surface area contributed by atoms with E-state index in [-0.39, 0.29) is 23.8 Å². The summed E-state index contributed by atoms with van der Waals surface area (Å²) in [6.45, 7) is 9.02. The second kappa shape index (κ2) is 14.9. The number of aliphatic hydroxyl groups excluding tert-OH is 1. The number of nitrogens with one attached hydrogen (secondary N) is 2. The van der Waals surface area contributed by atoms with Crippen molar-refractivity contribution in [1.82, 2.24) is 25.0 Å². The van der Waals surface area contributed by atoms with E-state index in [1.807, 2.05) is 27.1 Å². The fourth-order valence-corrected chi connectivity index (χ4v) is 5.93. The van der Waals surface area contributed by atoms with Crippen molar-refractivity contribution in [2.45, 2.75) is 50.7 Å². The summed E-state index contributed by atoms with van der Waals surface area (Å²) >= 11 is 0. The fraction of sp³-hybridized carbons (Fsp3) is 0.533. The van der Waals surface area contributed by atoms with Crippen molar-refractivity contribution < 1.29 is 34.5 Å². The maximum Gasteiger partial charge on any atom is 0.333 e. The minimum Gasteiger partial charge on any atom is -0.481 e. The van der Waals surface area contributed by atoms with Gasteiger partial charge in [-0.15, -0.1) is 6.58 Å². The smallest absolute Gasteiger partial charge is 0.333 e. The van der Waals surface area contributed by atoms with Crippen LogP contribution < -0.4 is 5.32 Å². The van der Waals surface area contributed by atoms with Crippen LogP contribution in [0.2, 0.25) is 0 Å². The van der Waals surface area contributed by atoms with E-state index in [1.165, 1.54) is 21.4 Å². The molecular weight excluding hydrogens is 542 g/mol. The summed E-state index contributed by atoms with van der Waals surface area (Å²) in [7, 11) is 4.01. The van der Waals surface area contributed by atoms with Crippen LogP contribution in [0, 0.1) is 5.92 Å². The van der Waals surface area contributed by atoms with Crippen molar-refractivity contribution in [2.24, 2.45) is 5.92 Å². The Bertz CT molecular complexity index is 1280. The van der Waals surface area contributed by atoms with E-state index < -0.39 is 24.5 Å². The zero-order chi connectivity index (χ0) is 31.0. The van der Waals surface area contributed by atoms with E-state index in [2.05, 4.69) is 51.1 Å². The number of carboxylic acid groups (broad SMARTS) is 2. The first kappa shape index (κ1) is 32.8. The Balaban J connectivity index is 0.000000467. The summed E-state index contributed by atoms with van der Waals surface area (Å²) in [4.78, 5) is 55.3. The molecule has 0 spiro atoms. The SMILES string of the molecule is C=CCN1C[C@H](C(=O)N(CCCN(C)C)C(=O)NCC)C[C@@H]2c3cccc4[nH]cc(c34)C[C@H]21.O=C(O)CC(O)C(=O)O. The Hall–Kier alpha value is -3.74. The number of aromatic amines is 1. The third kappa shape index (κ3) is 7.96. The number of piperidine rings is 1. The zero-order valence-corrected chi connectivity index (χ0v) is 24.6. The van der Waals surface area contributed by atoms with Crippen molar-refractivity contribution in [3.8, 4) is 0 Å². The average molecular weight is 586 g/mol. The van der Waals surface area contributed by atoms with Gasteiger partial charge in [0.2, 0.25) is 5.91 Å². The average Bonchev–Trinajstić information content (AvgIpc) is 3.35. The summed E-state index contributed by atoms with van der Waals surface area (Å²) in [6, 6.07) is 6.50. The second-order valence-electron chi connectivity index (χ2n) is 11.1. The van der Waals surface area contributed by atoms with E-state index in [4.69, 9.17) is 15.3 Å². The molecule has 1 aromatic heterocycles. The van der Waals surface area contributed by atoms with Crippen LogP contribution in [-0.2, 0) is 20.8 Å². The minimum atomic E-state index is -1.79. The molecule has 0 saturated carbocycles. The van der Waals surface area contributed by atoms with Crippen LogP contribution in [0.25, 0.3) is 10.9 Å². The van der Waals surface area contributed by atoms with E-state index in [0.717, 1.165) is 37.9 Å². The molecule has 3 amide bonds. The topological polar surface area (TPSA) is 167 Å². The van der Waals surface area contributed by atoms with Crippen molar-refractivity contribution in [3.05, 3.63) is 48.2 Å². The van der Waals surface area contributed by atoms with Gasteiger partial charge in [-0.25, -0.2) is 9.59 Å². The number of amides is 3. The third-order valence-electron chi connectivity index (χ3n) is 7.77. The lowest BCUT2D eigenvalue weighted by atomic mass is 9.72. The highest BCUT2D eigenvalue weighted by atomic mass is 16.4. The molecule has 0 radical (unpaired) electrons. The number of hydrogen-bond donors (Lipinski definition) is 5. The molecule has 42 heavy (non-hydrogen) atoms. The van der Waals surface area contributed by atoms with Gasteiger partial charge in [-0.05, 0) is 64.0 Å². The fourth-order valence-electron chi connectivity index (χ4n) is 5.93. The van der Waals surface area contributed by atoms with E-state index in [1.54, 1.807) is 0 Å². The first-order valence-electron chi connectivity index (χ1n) is 14.3. The molecule has 2 heterocycles. The maximum atomic E-state index is 13.7. The van der Waals surface area contributed by atoms with Crippen LogP contribution in [0.5, 0.6) is 0 Å². The number of H-pyrrole nitrogens is 1. The van der Waals surface area contributed by atoms with E-state index >= 15 is 0 Å². The number of nitrogens with zero attached hydrogens (tertiary/aromatic N) is 3. The van der Waals surface area contributed by atoms with Gasteiger partial charge in [-0.2, -0.15) is 0 Å². The van der Waals surface area contributed by atoms with Crippen molar-refractivity contribution >= 4 is 34.8 Å². The monoisotopic (exact) mass is 585 g/mol. The van der Waals surface area contributed by atoms with Gasteiger partial charge in [-0.3, -0.25) is 19.4 Å². The number of carboxylic acids is 2. The van der Waals surface area contributed by atoms with Gasteiger partial charge in [0.05, 0.1) is 12.3 Å². The Morgan fingerprint density at radius 3 is 2.55 bits per heavy atom. The molecule has 5 N–H and O–H groups in total. The molecule has 1 aromatic carbocycles. The minimum absolute atomic E-state index is 0.0562. The van der Waals surface area contributed by atoms with Crippen LogP contribution in [-0.4, -0.2) is 118 Å². The summed E-state index contributed by atoms with van der Waals surface area (Å²) < 4.78 is 0. The van der Waals surface area contributed by atoms with Gasteiger partial charge in [0.25, 0.3) is 0 Å². The van der Waals surface area contributed by atoms with Crippen LogP contribution >= 0.6 is 0 Å². The number of hydrogen-bond acceptors (Lipinski definition) is 7. The van der Waals surface area contributed by atoms with Gasteiger partial charge >= 0.3 is 18.0 Å². The standard InChI is InChI=1S/C26H37N5O2.C4H6O5/c1-5-11-30-17-19(25(32)31(26(33)27-6-2)13-8-12-29(3)4)14-21-20-9-7-10-22-24(20)18(16-28-22)15-23(21)30;5-2(4(8)9)1-3(6)7/h5,7,9-10,16,19,21,23,28H,1,6,8,11-15,17H2,2-4H3,(H,27,33);2,5H,1H2,(H,6,7)(H,8,9)/t19-,21-,23-;/m1./s1. The number of aliphatic hydroxyl groups is 1. The Morgan fingerprint density at radius 1 is 1.21 bits per heavy atom. The molecule has 1 saturated heterocycles. The van der Waals surface area contributed by atoms with E-state index in [0.29, 0.717) is 25.7 Å². The summed E-state index contributed by atoms with van der Waals surface area (Å²) in [5.41, 5.74) is 3.84. The molecule has 230 valence electrons. The Labute approximate surface area is 246 Å². The summed E-state index contributed by atoms with van der Waals surface area (Å²) in [5.74, 6) is -2.86. The van der Waals surface area contributed by atoms with Crippen molar-refractivity contribution in [1.29, 1.82) is 0 Å².